The number of urea groups is 1. The number of fused-ring (bicyclic) bond motifs is 3. The molecule has 0 saturated carbocycles. The van der Waals surface area contributed by atoms with Gasteiger partial charge >= 0.3 is 12.0 Å². The average molecular weight is 397 g/mol. The molecule has 1 aromatic carbocycles. The molecule has 1 atom stereocenters. The minimum Gasteiger partial charge on any atom is -0.497 e. The van der Waals surface area contributed by atoms with Crippen LogP contribution in [-0.4, -0.2) is 58.8 Å². The number of carbonyl (C=O) groups excluding carboxylic acids is 3. The summed E-state index contributed by atoms with van der Waals surface area (Å²) in [5, 5.41) is 0. The summed E-state index contributed by atoms with van der Waals surface area (Å²) in [4.78, 5) is 43.8. The van der Waals surface area contributed by atoms with Crippen LogP contribution in [0.1, 0.15) is 17.4 Å². The van der Waals surface area contributed by atoms with Gasteiger partial charge in [-0.2, -0.15) is 4.57 Å². The molecule has 1 saturated heterocycles. The van der Waals surface area contributed by atoms with E-state index in [-0.39, 0.29) is 0 Å². The van der Waals surface area contributed by atoms with Crippen LogP contribution in [0.2, 0.25) is 0 Å². The highest BCUT2D eigenvalue weighted by Gasteiger charge is 2.54. The fraction of sp³-hybridized carbons (Fsp3) is 0.316. The van der Waals surface area contributed by atoms with Crippen LogP contribution in [0, 0.1) is 13.8 Å². The third-order valence-electron chi connectivity index (χ3n) is 5.36. The minimum atomic E-state index is -0.828. The van der Waals surface area contributed by atoms with Crippen molar-refractivity contribution in [2.45, 2.75) is 19.9 Å². The summed E-state index contributed by atoms with van der Waals surface area (Å²) in [6.07, 6.45) is 0. The number of hydrogen-bond acceptors (Lipinski definition) is 5. The zero-order valence-corrected chi connectivity index (χ0v) is 16.5. The molecule has 4 amide bonds. The van der Waals surface area contributed by atoms with Gasteiger partial charge in [0.15, 0.2) is 0 Å². The molecule has 10 heteroatoms. The number of nitrogens with two attached hydrogens (primary N) is 1. The second-order valence-electron chi connectivity index (χ2n) is 6.98. The van der Waals surface area contributed by atoms with Gasteiger partial charge in [-0.1, -0.05) is 4.99 Å². The van der Waals surface area contributed by atoms with Gasteiger partial charge in [0.1, 0.15) is 29.4 Å². The molecule has 0 bridgehead atoms. The Bertz CT molecular complexity index is 1090. The summed E-state index contributed by atoms with van der Waals surface area (Å²) >= 11 is 0. The quantitative estimate of drug-likeness (QED) is 0.750. The lowest BCUT2D eigenvalue weighted by atomic mass is 10.1. The lowest BCUT2D eigenvalue weighted by Gasteiger charge is -2.32. The largest absolute Gasteiger partial charge is 0.497 e. The van der Waals surface area contributed by atoms with Gasteiger partial charge in [0.2, 0.25) is 17.8 Å². The Kier molecular flexibility index (Phi) is 4.14. The molecule has 2 aliphatic heterocycles. The van der Waals surface area contributed by atoms with Crippen LogP contribution in [-0.2, 0) is 9.59 Å². The molecule has 0 spiro atoms. The Hall–Kier alpha value is -3.69. The van der Waals surface area contributed by atoms with E-state index in [2.05, 4.69) is 4.99 Å². The molecule has 0 radical (unpaired) electrons. The van der Waals surface area contributed by atoms with Crippen LogP contribution in [0.25, 0.3) is 5.69 Å². The highest BCUT2D eigenvalue weighted by atomic mass is 16.5. The fourth-order valence-corrected chi connectivity index (χ4v) is 3.78. The maximum absolute atomic E-state index is 13.1. The number of imidazole rings is 1. The van der Waals surface area contributed by atoms with E-state index in [1.54, 1.807) is 11.7 Å². The van der Waals surface area contributed by atoms with Gasteiger partial charge in [0.25, 0.3) is 5.91 Å². The zero-order chi connectivity index (χ0) is 21.0. The van der Waals surface area contributed by atoms with Gasteiger partial charge in [-0.25, -0.2) is 9.36 Å². The van der Waals surface area contributed by atoms with Crippen molar-refractivity contribution in [1.29, 1.82) is 0 Å². The first kappa shape index (κ1) is 18.7. The number of nitrogens with zero attached hydrogens (tertiary/aromatic N) is 5. The standard InChI is InChI=1S/C19H20N6O4/c1-10-11(2)25-15-16(22(3)19(28)23(17(15)27)9-14(20)26)21-18(25)24(10)12-5-7-13(29-4)8-6-12/h5-8,15H,9H2,1-4H3,(H-,20,26)/p+1. The van der Waals surface area contributed by atoms with Crippen molar-refractivity contribution in [2.24, 2.45) is 10.7 Å². The monoisotopic (exact) mass is 397 g/mol. The zero-order valence-electron chi connectivity index (χ0n) is 16.5. The third-order valence-corrected chi connectivity index (χ3v) is 5.36. The maximum Gasteiger partial charge on any atom is 0.407 e. The molecule has 3 heterocycles. The van der Waals surface area contributed by atoms with E-state index >= 15 is 0 Å². The smallest absolute Gasteiger partial charge is 0.407 e. The lowest BCUT2D eigenvalue weighted by molar-refractivity contribution is -0.682. The summed E-state index contributed by atoms with van der Waals surface area (Å²) < 4.78 is 8.93. The van der Waals surface area contributed by atoms with Crippen molar-refractivity contribution in [1.82, 2.24) is 14.4 Å². The van der Waals surface area contributed by atoms with E-state index in [9.17, 15) is 14.4 Å². The molecular formula is C19H21N6O4+. The second kappa shape index (κ2) is 6.43. The highest BCUT2D eigenvalue weighted by Crippen LogP contribution is 2.33. The number of ether oxygens (including phenoxy) is 1. The van der Waals surface area contributed by atoms with E-state index in [0.717, 1.165) is 27.7 Å². The summed E-state index contributed by atoms with van der Waals surface area (Å²) in [5.74, 6) is 0.291. The number of carbonyl (C=O) groups is 3. The van der Waals surface area contributed by atoms with Gasteiger partial charge in [0.05, 0.1) is 7.11 Å². The molecule has 4 rings (SSSR count). The Morgan fingerprint density at radius 3 is 2.48 bits per heavy atom. The predicted molar refractivity (Wildman–Crippen MR) is 102 cm³/mol. The van der Waals surface area contributed by atoms with Crippen LogP contribution < -0.4 is 15.0 Å². The van der Waals surface area contributed by atoms with E-state index < -0.39 is 30.4 Å². The van der Waals surface area contributed by atoms with Crippen molar-refractivity contribution in [3.05, 3.63) is 35.7 Å². The van der Waals surface area contributed by atoms with E-state index in [1.807, 2.05) is 42.7 Å². The number of primary amides is 1. The van der Waals surface area contributed by atoms with Crippen molar-refractivity contribution in [3.8, 4) is 11.4 Å². The molecule has 1 aromatic heterocycles. The number of rotatable bonds is 4. The number of imide groups is 1. The van der Waals surface area contributed by atoms with Crippen LogP contribution in [0.3, 0.4) is 0 Å². The van der Waals surface area contributed by atoms with Crippen LogP contribution in [0.15, 0.2) is 29.3 Å². The molecule has 10 nitrogen and oxygen atoms in total. The van der Waals surface area contributed by atoms with Gasteiger partial charge in [0, 0.05) is 7.05 Å². The topological polar surface area (TPSA) is 114 Å². The first-order chi connectivity index (χ1) is 13.8. The Morgan fingerprint density at radius 2 is 1.90 bits per heavy atom. The van der Waals surface area contributed by atoms with Gasteiger partial charge < -0.3 is 10.5 Å². The van der Waals surface area contributed by atoms with Crippen LogP contribution in [0.5, 0.6) is 5.75 Å². The molecule has 1 unspecified atom stereocenters. The first-order valence-corrected chi connectivity index (χ1v) is 9.00. The number of hydrogen-bond donors (Lipinski definition) is 1. The highest BCUT2D eigenvalue weighted by molar-refractivity contribution is 6.19. The molecular weight excluding hydrogens is 376 g/mol. The Morgan fingerprint density at radius 1 is 1.24 bits per heavy atom. The molecule has 2 aromatic rings. The van der Waals surface area contributed by atoms with Crippen LogP contribution in [0.4, 0.5) is 10.7 Å². The molecule has 0 aliphatic carbocycles. The Labute approximate surface area is 166 Å². The van der Waals surface area contributed by atoms with Crippen LogP contribution >= 0.6 is 0 Å². The number of benzene rings is 1. The number of likely N-dealkylation sites (N-methyl/N-ethyl adjacent to an activating group) is 1. The normalized spacial score (nSPS) is 17.9. The lowest BCUT2D eigenvalue weighted by Crippen LogP contribution is -2.64. The van der Waals surface area contributed by atoms with Crippen molar-refractivity contribution in [2.75, 3.05) is 20.7 Å². The molecule has 29 heavy (non-hydrogen) atoms. The second-order valence-corrected chi connectivity index (χ2v) is 6.98. The Balaban J connectivity index is 1.87. The van der Waals surface area contributed by atoms with Crippen molar-refractivity contribution >= 4 is 29.6 Å². The molecule has 2 N–H and O–H groups in total. The predicted octanol–water partition coefficient (Wildman–Crippen LogP) is 0.354. The average Bonchev–Trinajstić information content (AvgIpc) is 3.19. The number of amidine groups is 1. The number of amides is 4. The number of methoxy groups -OCH3 is 1. The van der Waals surface area contributed by atoms with E-state index in [4.69, 9.17) is 10.5 Å². The first-order valence-electron chi connectivity index (χ1n) is 9.00. The summed E-state index contributed by atoms with van der Waals surface area (Å²) in [6.45, 7) is 3.35. The van der Waals surface area contributed by atoms with Gasteiger partial charge in [-0.3, -0.25) is 19.4 Å². The number of aromatic nitrogens is 2. The molecule has 2 aliphatic rings. The SMILES string of the molecule is COc1ccc(-n2c(C)c(C)[n+]3c2N=C2C3C(=O)N(CC(N)=O)C(=O)N2C)cc1. The molecule has 1 fully saturated rings. The third kappa shape index (κ3) is 2.59. The van der Waals surface area contributed by atoms with Gasteiger partial charge in [-0.05, 0) is 38.1 Å². The number of aliphatic imine (C=N–C) groups is 1. The summed E-state index contributed by atoms with van der Waals surface area (Å²) in [7, 11) is 3.13. The van der Waals surface area contributed by atoms with E-state index in [0.29, 0.717) is 11.8 Å². The fourth-order valence-electron chi connectivity index (χ4n) is 3.78. The molecule has 150 valence electrons. The summed E-state index contributed by atoms with van der Waals surface area (Å²) in [5.41, 5.74) is 7.81. The van der Waals surface area contributed by atoms with E-state index in [1.165, 1.54) is 11.9 Å². The van der Waals surface area contributed by atoms with Crippen molar-refractivity contribution in [3.63, 3.8) is 0 Å². The minimum absolute atomic E-state index is 0.320. The summed E-state index contributed by atoms with van der Waals surface area (Å²) in [6, 6.07) is 6.01. The van der Waals surface area contributed by atoms with Gasteiger partial charge in [-0.15, -0.1) is 0 Å². The van der Waals surface area contributed by atoms with Crippen molar-refractivity contribution < 1.29 is 23.7 Å². The maximum atomic E-state index is 13.1.